The summed E-state index contributed by atoms with van der Waals surface area (Å²) in [5, 5.41) is 16.1. The Morgan fingerprint density at radius 2 is 1.81 bits per heavy atom. The molecular weight excluding hydrogens is 268 g/mol. The zero-order valence-electron chi connectivity index (χ0n) is 12.3. The van der Waals surface area contributed by atoms with E-state index in [4.69, 9.17) is 9.84 Å². The molecule has 2 rings (SSSR count). The van der Waals surface area contributed by atoms with Crippen LogP contribution in [0.1, 0.15) is 43.2 Å². The van der Waals surface area contributed by atoms with E-state index in [0.29, 0.717) is 5.75 Å². The third-order valence-corrected chi connectivity index (χ3v) is 3.60. The number of benzene rings is 1. The van der Waals surface area contributed by atoms with Crippen molar-refractivity contribution in [2.24, 2.45) is 0 Å². The molecule has 1 heterocycles. The fraction of sp³-hybridized carbons (Fsp3) is 0.312. The summed E-state index contributed by atoms with van der Waals surface area (Å²) in [6, 6.07) is 10.6. The van der Waals surface area contributed by atoms with Gasteiger partial charge in [0.1, 0.15) is 5.75 Å². The molecule has 1 N–H and O–H groups in total. The molecule has 0 spiro atoms. The number of carbonyl (C=O) groups is 1. The standard InChI is InChI=1S/C16H18N2O3/c1-4-16(2,3)11-5-7-12(8-6-11)21-14-10-9-13(15(19)20)17-18-14/h5-10H,4H2,1-3H3,(H,19,20). The number of aromatic carboxylic acids is 1. The molecular formula is C16H18N2O3. The van der Waals surface area contributed by atoms with Crippen molar-refractivity contribution in [1.82, 2.24) is 10.2 Å². The molecule has 5 nitrogen and oxygen atoms in total. The molecule has 0 amide bonds. The van der Waals surface area contributed by atoms with Gasteiger partial charge < -0.3 is 9.84 Å². The Labute approximate surface area is 123 Å². The van der Waals surface area contributed by atoms with Gasteiger partial charge in [-0.2, -0.15) is 0 Å². The Hall–Kier alpha value is -2.43. The van der Waals surface area contributed by atoms with Crippen molar-refractivity contribution in [2.75, 3.05) is 0 Å². The summed E-state index contributed by atoms with van der Waals surface area (Å²) in [5.41, 5.74) is 1.26. The Kier molecular flexibility index (Phi) is 4.21. The molecule has 0 aliphatic heterocycles. The van der Waals surface area contributed by atoms with E-state index in [1.807, 2.05) is 24.3 Å². The highest BCUT2D eigenvalue weighted by Crippen LogP contribution is 2.29. The normalized spacial score (nSPS) is 11.2. The molecule has 5 heteroatoms. The summed E-state index contributed by atoms with van der Waals surface area (Å²) in [6.07, 6.45) is 1.05. The van der Waals surface area contributed by atoms with Gasteiger partial charge >= 0.3 is 5.97 Å². The highest BCUT2D eigenvalue weighted by Gasteiger charge is 2.17. The van der Waals surface area contributed by atoms with Gasteiger partial charge in [-0.3, -0.25) is 0 Å². The first-order valence-electron chi connectivity index (χ1n) is 6.78. The summed E-state index contributed by atoms with van der Waals surface area (Å²) in [7, 11) is 0. The van der Waals surface area contributed by atoms with Crippen molar-refractivity contribution >= 4 is 5.97 Å². The van der Waals surface area contributed by atoms with Crippen LogP contribution in [0.15, 0.2) is 36.4 Å². The Morgan fingerprint density at radius 3 is 2.29 bits per heavy atom. The number of hydrogen-bond acceptors (Lipinski definition) is 4. The van der Waals surface area contributed by atoms with Gasteiger partial charge in [0.25, 0.3) is 0 Å². The first-order valence-corrected chi connectivity index (χ1v) is 6.78. The van der Waals surface area contributed by atoms with E-state index in [-0.39, 0.29) is 17.0 Å². The third kappa shape index (κ3) is 3.56. The van der Waals surface area contributed by atoms with Crippen molar-refractivity contribution in [2.45, 2.75) is 32.6 Å². The van der Waals surface area contributed by atoms with Gasteiger partial charge in [0.15, 0.2) is 5.69 Å². The molecule has 1 aromatic carbocycles. The summed E-state index contributed by atoms with van der Waals surface area (Å²) in [6.45, 7) is 6.54. The predicted molar refractivity (Wildman–Crippen MR) is 78.8 cm³/mol. The van der Waals surface area contributed by atoms with Crippen LogP contribution in [0, 0.1) is 0 Å². The van der Waals surface area contributed by atoms with E-state index in [9.17, 15) is 4.79 Å². The molecule has 21 heavy (non-hydrogen) atoms. The number of hydrogen-bond donors (Lipinski definition) is 1. The molecule has 0 fully saturated rings. The van der Waals surface area contributed by atoms with Crippen molar-refractivity contribution in [3.05, 3.63) is 47.7 Å². The number of aromatic nitrogens is 2. The fourth-order valence-electron chi connectivity index (χ4n) is 1.79. The highest BCUT2D eigenvalue weighted by atomic mass is 16.5. The van der Waals surface area contributed by atoms with Gasteiger partial charge in [-0.25, -0.2) is 4.79 Å². The predicted octanol–water partition coefficient (Wildman–Crippen LogP) is 3.65. The van der Waals surface area contributed by atoms with Crippen LogP contribution in [-0.4, -0.2) is 21.3 Å². The SMILES string of the molecule is CCC(C)(C)c1ccc(Oc2ccc(C(=O)O)nn2)cc1. The second-order valence-electron chi connectivity index (χ2n) is 5.43. The van der Waals surface area contributed by atoms with Gasteiger partial charge in [-0.1, -0.05) is 32.9 Å². The van der Waals surface area contributed by atoms with Crippen LogP contribution in [0.25, 0.3) is 0 Å². The molecule has 0 saturated heterocycles. The maximum atomic E-state index is 10.7. The summed E-state index contributed by atoms with van der Waals surface area (Å²) < 4.78 is 5.55. The van der Waals surface area contributed by atoms with Crippen molar-refractivity contribution < 1.29 is 14.6 Å². The molecule has 0 atom stereocenters. The van der Waals surface area contributed by atoms with Gasteiger partial charge in [-0.05, 0) is 35.6 Å². The molecule has 0 aliphatic carbocycles. The van der Waals surface area contributed by atoms with E-state index in [0.717, 1.165) is 6.42 Å². The van der Waals surface area contributed by atoms with Crippen LogP contribution in [0.4, 0.5) is 0 Å². The zero-order valence-corrected chi connectivity index (χ0v) is 12.3. The Balaban J connectivity index is 2.11. The lowest BCUT2D eigenvalue weighted by Gasteiger charge is -2.23. The fourth-order valence-corrected chi connectivity index (χ4v) is 1.79. The lowest BCUT2D eigenvalue weighted by Crippen LogP contribution is -2.14. The largest absolute Gasteiger partial charge is 0.476 e. The van der Waals surface area contributed by atoms with Crippen LogP contribution < -0.4 is 4.74 Å². The monoisotopic (exact) mass is 286 g/mol. The van der Waals surface area contributed by atoms with E-state index in [1.54, 1.807) is 0 Å². The van der Waals surface area contributed by atoms with Crippen LogP contribution >= 0.6 is 0 Å². The summed E-state index contributed by atoms with van der Waals surface area (Å²) >= 11 is 0. The third-order valence-electron chi connectivity index (χ3n) is 3.60. The van der Waals surface area contributed by atoms with Gasteiger partial charge in [0.2, 0.25) is 5.88 Å². The topological polar surface area (TPSA) is 72.3 Å². The van der Waals surface area contributed by atoms with Crippen LogP contribution in [0.5, 0.6) is 11.6 Å². The average molecular weight is 286 g/mol. The van der Waals surface area contributed by atoms with E-state index in [2.05, 4.69) is 31.0 Å². The highest BCUT2D eigenvalue weighted by molar-refractivity contribution is 5.84. The quantitative estimate of drug-likeness (QED) is 0.908. The number of carboxylic acid groups (broad SMARTS) is 1. The zero-order chi connectivity index (χ0) is 15.5. The molecule has 0 unspecified atom stereocenters. The van der Waals surface area contributed by atoms with Crippen LogP contribution in [0.3, 0.4) is 0 Å². The second kappa shape index (κ2) is 5.91. The van der Waals surface area contributed by atoms with Crippen molar-refractivity contribution in [3.63, 3.8) is 0 Å². The van der Waals surface area contributed by atoms with Gasteiger partial charge in [0, 0.05) is 6.07 Å². The van der Waals surface area contributed by atoms with Gasteiger partial charge in [0.05, 0.1) is 0 Å². The van der Waals surface area contributed by atoms with Crippen molar-refractivity contribution in [3.8, 4) is 11.6 Å². The molecule has 110 valence electrons. The van der Waals surface area contributed by atoms with Crippen molar-refractivity contribution in [1.29, 1.82) is 0 Å². The Morgan fingerprint density at radius 1 is 1.14 bits per heavy atom. The molecule has 0 radical (unpaired) electrons. The molecule has 1 aromatic heterocycles. The molecule has 0 saturated carbocycles. The van der Waals surface area contributed by atoms with E-state index >= 15 is 0 Å². The number of carboxylic acids is 1. The summed E-state index contributed by atoms with van der Waals surface area (Å²) in [4.78, 5) is 10.7. The molecule has 0 bridgehead atoms. The number of rotatable bonds is 5. The minimum Gasteiger partial charge on any atom is -0.476 e. The maximum absolute atomic E-state index is 10.7. The minimum absolute atomic E-state index is 0.109. The lowest BCUT2D eigenvalue weighted by atomic mass is 9.82. The first-order chi connectivity index (χ1) is 9.92. The first kappa shape index (κ1) is 15.0. The minimum atomic E-state index is -1.11. The smallest absolute Gasteiger partial charge is 0.356 e. The molecule has 2 aromatic rings. The van der Waals surface area contributed by atoms with Gasteiger partial charge in [-0.15, -0.1) is 10.2 Å². The van der Waals surface area contributed by atoms with E-state index in [1.165, 1.54) is 17.7 Å². The average Bonchev–Trinajstić information content (AvgIpc) is 2.48. The van der Waals surface area contributed by atoms with E-state index < -0.39 is 5.97 Å². The Bertz CT molecular complexity index is 619. The maximum Gasteiger partial charge on any atom is 0.356 e. The number of nitrogens with zero attached hydrogens (tertiary/aromatic N) is 2. The van der Waals surface area contributed by atoms with Crippen LogP contribution in [-0.2, 0) is 5.41 Å². The lowest BCUT2D eigenvalue weighted by molar-refractivity contribution is 0.0689. The van der Waals surface area contributed by atoms with Crippen LogP contribution in [0.2, 0.25) is 0 Å². The molecule has 0 aliphatic rings. The second-order valence-corrected chi connectivity index (χ2v) is 5.43. The summed E-state index contributed by atoms with van der Waals surface area (Å²) in [5.74, 6) is -0.203. The number of ether oxygens (including phenoxy) is 1.